The molecule has 170 valence electrons. The van der Waals surface area contributed by atoms with Crippen LogP contribution < -0.4 is 10.3 Å². The van der Waals surface area contributed by atoms with Crippen LogP contribution in [-0.4, -0.2) is 31.1 Å². The SMILES string of the molecule is CCCCN1C(=O)/C(=C\c2c(Oc3cccc(C)c3C)nc3c(C)cccn3c2=O)SC1=S. The van der Waals surface area contributed by atoms with E-state index in [4.69, 9.17) is 17.0 Å². The molecular formula is C25H25N3O3S2. The highest BCUT2D eigenvalue weighted by atomic mass is 32.2. The van der Waals surface area contributed by atoms with E-state index in [1.807, 2.05) is 45.0 Å². The van der Waals surface area contributed by atoms with E-state index >= 15 is 0 Å². The number of thioether (sulfide) groups is 1. The van der Waals surface area contributed by atoms with E-state index in [-0.39, 0.29) is 22.9 Å². The van der Waals surface area contributed by atoms with Gasteiger partial charge in [-0.15, -0.1) is 0 Å². The van der Waals surface area contributed by atoms with Crippen molar-refractivity contribution in [2.24, 2.45) is 0 Å². The monoisotopic (exact) mass is 479 g/mol. The molecule has 3 aromatic rings. The molecule has 1 aromatic carbocycles. The number of carbonyl (C=O) groups is 1. The van der Waals surface area contributed by atoms with Crippen molar-refractivity contribution in [2.45, 2.75) is 40.5 Å². The molecule has 8 heteroatoms. The minimum atomic E-state index is -0.303. The van der Waals surface area contributed by atoms with Gasteiger partial charge in [0.05, 0.1) is 4.91 Å². The maximum atomic E-state index is 13.5. The number of carbonyl (C=O) groups excluding carboxylic acids is 1. The Labute approximate surface area is 202 Å². The van der Waals surface area contributed by atoms with Gasteiger partial charge in [0.1, 0.15) is 21.3 Å². The van der Waals surface area contributed by atoms with Crippen LogP contribution in [0.15, 0.2) is 46.2 Å². The van der Waals surface area contributed by atoms with Gasteiger partial charge in [0.25, 0.3) is 11.5 Å². The number of unbranched alkanes of at least 4 members (excludes halogenated alkanes) is 1. The van der Waals surface area contributed by atoms with Crippen LogP contribution in [0.2, 0.25) is 0 Å². The molecule has 0 unspecified atom stereocenters. The molecule has 0 saturated carbocycles. The lowest BCUT2D eigenvalue weighted by Gasteiger charge is -2.14. The molecule has 1 saturated heterocycles. The quantitative estimate of drug-likeness (QED) is 0.348. The fourth-order valence-electron chi connectivity index (χ4n) is 3.57. The van der Waals surface area contributed by atoms with E-state index in [9.17, 15) is 9.59 Å². The van der Waals surface area contributed by atoms with Gasteiger partial charge >= 0.3 is 0 Å². The van der Waals surface area contributed by atoms with Gasteiger partial charge in [0.15, 0.2) is 0 Å². The van der Waals surface area contributed by atoms with Gasteiger partial charge in [-0.2, -0.15) is 4.98 Å². The average molecular weight is 480 g/mol. The molecule has 2 aromatic heterocycles. The lowest BCUT2D eigenvalue weighted by Crippen LogP contribution is -2.29. The number of amides is 1. The largest absolute Gasteiger partial charge is 0.438 e. The Morgan fingerprint density at radius 1 is 1.12 bits per heavy atom. The van der Waals surface area contributed by atoms with Gasteiger partial charge in [-0.1, -0.05) is 55.5 Å². The fraction of sp³-hybridized carbons (Fsp3) is 0.280. The normalized spacial score (nSPS) is 15.2. The molecule has 0 radical (unpaired) electrons. The predicted octanol–water partition coefficient (Wildman–Crippen LogP) is 5.41. The highest BCUT2D eigenvalue weighted by Gasteiger charge is 2.32. The smallest absolute Gasteiger partial charge is 0.269 e. The van der Waals surface area contributed by atoms with E-state index in [2.05, 4.69) is 11.9 Å². The van der Waals surface area contributed by atoms with Crippen LogP contribution >= 0.6 is 24.0 Å². The molecule has 1 amide bonds. The Bertz CT molecular complexity index is 1360. The molecule has 1 fully saturated rings. The number of ether oxygens (including phenoxy) is 1. The molecule has 0 spiro atoms. The van der Waals surface area contributed by atoms with Gasteiger partial charge in [-0.05, 0) is 62.1 Å². The zero-order valence-electron chi connectivity index (χ0n) is 19.0. The third kappa shape index (κ3) is 4.45. The van der Waals surface area contributed by atoms with Crippen molar-refractivity contribution < 1.29 is 9.53 Å². The molecule has 1 aliphatic heterocycles. The molecule has 1 aliphatic rings. The van der Waals surface area contributed by atoms with Gasteiger partial charge in [0.2, 0.25) is 5.88 Å². The van der Waals surface area contributed by atoms with E-state index in [0.29, 0.717) is 27.2 Å². The molecule has 4 rings (SSSR count). The number of fused-ring (bicyclic) bond motifs is 1. The summed E-state index contributed by atoms with van der Waals surface area (Å²) in [4.78, 5) is 33.2. The van der Waals surface area contributed by atoms with E-state index in [1.54, 1.807) is 23.2 Å². The first-order valence-corrected chi connectivity index (χ1v) is 12.1. The maximum absolute atomic E-state index is 13.5. The minimum Gasteiger partial charge on any atom is -0.438 e. The molecule has 33 heavy (non-hydrogen) atoms. The molecule has 0 atom stereocenters. The molecule has 0 aliphatic carbocycles. The van der Waals surface area contributed by atoms with Crippen LogP contribution in [0.25, 0.3) is 11.7 Å². The van der Waals surface area contributed by atoms with Crippen LogP contribution in [-0.2, 0) is 4.79 Å². The van der Waals surface area contributed by atoms with E-state index < -0.39 is 0 Å². The number of thiocarbonyl (C=S) groups is 1. The number of rotatable bonds is 6. The Morgan fingerprint density at radius 2 is 1.88 bits per heavy atom. The summed E-state index contributed by atoms with van der Waals surface area (Å²) in [6, 6.07) is 9.43. The van der Waals surface area contributed by atoms with Crippen molar-refractivity contribution >= 4 is 45.9 Å². The number of hydrogen-bond donors (Lipinski definition) is 0. The lowest BCUT2D eigenvalue weighted by atomic mass is 10.1. The number of pyridine rings is 1. The van der Waals surface area contributed by atoms with Crippen molar-refractivity contribution in [3.63, 3.8) is 0 Å². The van der Waals surface area contributed by atoms with Crippen LogP contribution in [0.3, 0.4) is 0 Å². The molecule has 0 bridgehead atoms. The third-order valence-electron chi connectivity index (χ3n) is 5.70. The number of benzene rings is 1. The third-order valence-corrected chi connectivity index (χ3v) is 7.07. The summed E-state index contributed by atoms with van der Waals surface area (Å²) >= 11 is 6.62. The van der Waals surface area contributed by atoms with Crippen molar-refractivity contribution in [3.05, 3.63) is 74.0 Å². The number of aryl methyl sites for hydroxylation is 2. The predicted molar refractivity (Wildman–Crippen MR) is 137 cm³/mol. The number of aromatic nitrogens is 2. The summed E-state index contributed by atoms with van der Waals surface area (Å²) in [6.45, 7) is 8.48. The summed E-state index contributed by atoms with van der Waals surface area (Å²) in [5.41, 5.74) is 3.30. The van der Waals surface area contributed by atoms with Gasteiger partial charge in [-0.25, -0.2) is 0 Å². The Kier molecular flexibility index (Phi) is 6.67. The Hall–Kier alpha value is -2.97. The van der Waals surface area contributed by atoms with Crippen molar-refractivity contribution in [2.75, 3.05) is 6.54 Å². The second kappa shape index (κ2) is 9.49. The fourth-order valence-corrected chi connectivity index (χ4v) is 4.86. The summed E-state index contributed by atoms with van der Waals surface area (Å²) in [5, 5.41) is 0. The second-order valence-electron chi connectivity index (χ2n) is 8.01. The van der Waals surface area contributed by atoms with Crippen LogP contribution in [0.4, 0.5) is 0 Å². The Balaban J connectivity index is 1.87. The van der Waals surface area contributed by atoms with Crippen LogP contribution in [0.1, 0.15) is 42.0 Å². The summed E-state index contributed by atoms with van der Waals surface area (Å²) in [6.07, 6.45) is 5.05. The number of nitrogens with zero attached hydrogens (tertiary/aromatic N) is 3. The highest BCUT2D eigenvalue weighted by Crippen LogP contribution is 2.35. The topological polar surface area (TPSA) is 63.9 Å². The zero-order valence-corrected chi connectivity index (χ0v) is 20.7. The van der Waals surface area contributed by atoms with Gasteiger partial charge < -0.3 is 4.74 Å². The van der Waals surface area contributed by atoms with Gasteiger partial charge in [0, 0.05) is 12.7 Å². The highest BCUT2D eigenvalue weighted by molar-refractivity contribution is 8.26. The Morgan fingerprint density at radius 3 is 2.64 bits per heavy atom. The lowest BCUT2D eigenvalue weighted by molar-refractivity contribution is -0.122. The van der Waals surface area contributed by atoms with E-state index in [0.717, 1.165) is 29.5 Å². The molecule has 3 heterocycles. The van der Waals surface area contributed by atoms with Gasteiger partial charge in [-0.3, -0.25) is 18.9 Å². The summed E-state index contributed by atoms with van der Waals surface area (Å²) in [7, 11) is 0. The standard InChI is InChI=1S/C25H25N3O3S2/c1-5-6-12-28-24(30)20(33-25(28)32)14-18-22(31-19-11-7-9-15(2)17(19)4)26-21-16(3)10-8-13-27(21)23(18)29/h7-11,13-14H,5-6,12H2,1-4H3/b20-14+. The molecule has 0 N–H and O–H groups in total. The van der Waals surface area contributed by atoms with Crippen molar-refractivity contribution in [1.82, 2.24) is 14.3 Å². The second-order valence-corrected chi connectivity index (χ2v) is 9.68. The van der Waals surface area contributed by atoms with Crippen LogP contribution in [0, 0.1) is 20.8 Å². The van der Waals surface area contributed by atoms with Crippen molar-refractivity contribution in [3.8, 4) is 11.6 Å². The molecular weight excluding hydrogens is 454 g/mol. The zero-order chi connectivity index (χ0) is 23.7. The van der Waals surface area contributed by atoms with Crippen molar-refractivity contribution in [1.29, 1.82) is 0 Å². The molecule has 6 nitrogen and oxygen atoms in total. The van der Waals surface area contributed by atoms with Crippen LogP contribution in [0.5, 0.6) is 11.6 Å². The number of hydrogen-bond acceptors (Lipinski definition) is 6. The summed E-state index contributed by atoms with van der Waals surface area (Å²) < 4.78 is 8.18. The first-order chi connectivity index (χ1) is 15.8. The first kappa shape index (κ1) is 23.2. The summed E-state index contributed by atoms with van der Waals surface area (Å²) in [5.74, 6) is 0.594. The van der Waals surface area contributed by atoms with E-state index in [1.165, 1.54) is 16.2 Å². The maximum Gasteiger partial charge on any atom is 0.269 e. The minimum absolute atomic E-state index is 0.168. The first-order valence-electron chi connectivity index (χ1n) is 10.8. The average Bonchev–Trinajstić information content (AvgIpc) is 3.05.